The van der Waals surface area contributed by atoms with Gasteiger partial charge in [-0.05, 0) is 31.0 Å². The molecule has 0 aromatic heterocycles. The Balaban J connectivity index is 0.00000361. The molecule has 0 heterocycles. The van der Waals surface area contributed by atoms with E-state index < -0.39 is 0 Å². The van der Waals surface area contributed by atoms with Gasteiger partial charge < -0.3 is 10.2 Å². The molecule has 0 bridgehead atoms. The highest BCUT2D eigenvalue weighted by molar-refractivity contribution is 5.85. The molecule has 3 nitrogen and oxygen atoms in total. The van der Waals surface area contributed by atoms with Crippen LogP contribution in [0.15, 0.2) is 24.3 Å². The number of aryl methyl sites for hydroxylation is 1. The minimum absolute atomic E-state index is 0. The van der Waals surface area contributed by atoms with Gasteiger partial charge in [0.05, 0.1) is 6.42 Å². The van der Waals surface area contributed by atoms with Crippen LogP contribution in [0, 0.1) is 0 Å². The van der Waals surface area contributed by atoms with Crippen molar-refractivity contribution in [2.24, 2.45) is 0 Å². The van der Waals surface area contributed by atoms with Gasteiger partial charge >= 0.3 is 0 Å². The van der Waals surface area contributed by atoms with Crippen LogP contribution in [0.5, 0.6) is 0 Å². The van der Waals surface area contributed by atoms with Crippen LogP contribution in [0.25, 0.3) is 0 Å². The lowest BCUT2D eigenvalue weighted by molar-refractivity contribution is -0.129. The molecule has 0 radical (unpaired) electrons. The molecule has 0 atom stereocenters. The van der Waals surface area contributed by atoms with Crippen LogP contribution in [0.2, 0.25) is 0 Å². The molecule has 1 amide bonds. The van der Waals surface area contributed by atoms with E-state index in [4.69, 9.17) is 0 Å². The summed E-state index contributed by atoms with van der Waals surface area (Å²) < 4.78 is 0. The minimum Gasteiger partial charge on any atom is -0.344 e. The molecule has 0 unspecified atom stereocenters. The maximum absolute atomic E-state index is 12.0. The standard InChI is InChI=1S/C16H26N2O.ClH/c1-4-5-6-14-7-9-15(10-8-14)13-16(19)18(3)12-11-17-2;/h7-10,17H,4-6,11-13H2,1-3H3;1H. The fraction of sp³-hybridized carbons (Fsp3) is 0.562. The van der Waals surface area contributed by atoms with Crippen molar-refractivity contribution < 1.29 is 4.79 Å². The molecular weight excluding hydrogens is 272 g/mol. The van der Waals surface area contributed by atoms with Gasteiger partial charge in [-0.2, -0.15) is 0 Å². The fourth-order valence-electron chi connectivity index (χ4n) is 1.92. The largest absolute Gasteiger partial charge is 0.344 e. The van der Waals surface area contributed by atoms with E-state index >= 15 is 0 Å². The zero-order valence-corrected chi connectivity index (χ0v) is 13.6. The number of hydrogen-bond donors (Lipinski definition) is 1. The maximum Gasteiger partial charge on any atom is 0.226 e. The zero-order chi connectivity index (χ0) is 14.1. The number of likely N-dealkylation sites (N-methyl/N-ethyl adjacent to an activating group) is 2. The quantitative estimate of drug-likeness (QED) is 0.800. The molecule has 0 aliphatic carbocycles. The number of rotatable bonds is 8. The molecule has 1 aromatic carbocycles. The van der Waals surface area contributed by atoms with E-state index in [0.29, 0.717) is 6.42 Å². The number of nitrogens with one attached hydrogen (secondary N) is 1. The smallest absolute Gasteiger partial charge is 0.226 e. The molecule has 0 fully saturated rings. The summed E-state index contributed by atoms with van der Waals surface area (Å²) in [5.74, 6) is 0.177. The predicted octanol–water partition coefficient (Wildman–Crippen LogP) is 2.67. The summed E-state index contributed by atoms with van der Waals surface area (Å²) in [5.41, 5.74) is 2.46. The topological polar surface area (TPSA) is 32.3 Å². The molecule has 20 heavy (non-hydrogen) atoms. The van der Waals surface area contributed by atoms with Crippen LogP contribution in [-0.4, -0.2) is 38.0 Å². The summed E-state index contributed by atoms with van der Waals surface area (Å²) in [5, 5.41) is 3.05. The summed E-state index contributed by atoms with van der Waals surface area (Å²) in [6.45, 7) is 3.79. The molecule has 4 heteroatoms. The average Bonchev–Trinajstić information content (AvgIpc) is 2.43. The van der Waals surface area contributed by atoms with Crippen molar-refractivity contribution in [3.8, 4) is 0 Å². The second-order valence-electron chi connectivity index (χ2n) is 5.02. The lowest BCUT2D eigenvalue weighted by Crippen LogP contribution is -2.33. The molecule has 0 spiro atoms. The Morgan fingerprint density at radius 2 is 1.80 bits per heavy atom. The highest BCUT2D eigenvalue weighted by Gasteiger charge is 2.08. The first-order valence-electron chi connectivity index (χ1n) is 7.13. The van der Waals surface area contributed by atoms with Crippen molar-refractivity contribution in [1.29, 1.82) is 0 Å². The summed E-state index contributed by atoms with van der Waals surface area (Å²) in [4.78, 5) is 13.8. The number of halogens is 1. The second-order valence-corrected chi connectivity index (χ2v) is 5.02. The van der Waals surface area contributed by atoms with E-state index in [9.17, 15) is 4.79 Å². The van der Waals surface area contributed by atoms with Crippen molar-refractivity contribution in [3.05, 3.63) is 35.4 Å². The number of carbonyl (C=O) groups excluding carboxylic acids is 1. The number of benzene rings is 1. The molecule has 1 rings (SSSR count). The van der Waals surface area contributed by atoms with Gasteiger partial charge in [0.2, 0.25) is 5.91 Å². The van der Waals surface area contributed by atoms with Gasteiger partial charge in [0.1, 0.15) is 0 Å². The Hall–Kier alpha value is -1.06. The number of amides is 1. The highest BCUT2D eigenvalue weighted by atomic mass is 35.5. The SMILES string of the molecule is CCCCc1ccc(CC(=O)N(C)CCNC)cc1.Cl. The van der Waals surface area contributed by atoms with Gasteiger partial charge in [0.15, 0.2) is 0 Å². The summed E-state index contributed by atoms with van der Waals surface area (Å²) in [6, 6.07) is 8.45. The fourth-order valence-corrected chi connectivity index (χ4v) is 1.92. The summed E-state index contributed by atoms with van der Waals surface area (Å²) in [7, 11) is 3.75. The second kappa shape index (κ2) is 10.7. The Morgan fingerprint density at radius 1 is 1.20 bits per heavy atom. The predicted molar refractivity (Wildman–Crippen MR) is 87.6 cm³/mol. The molecular formula is C16H27ClN2O. The van der Waals surface area contributed by atoms with Crippen LogP contribution in [0.1, 0.15) is 30.9 Å². The zero-order valence-electron chi connectivity index (χ0n) is 12.8. The molecule has 1 aromatic rings. The lowest BCUT2D eigenvalue weighted by Gasteiger charge is -2.16. The molecule has 0 saturated heterocycles. The average molecular weight is 299 g/mol. The number of nitrogens with zero attached hydrogens (tertiary/aromatic N) is 1. The van der Waals surface area contributed by atoms with E-state index in [-0.39, 0.29) is 18.3 Å². The molecule has 1 N–H and O–H groups in total. The molecule has 0 aliphatic heterocycles. The Morgan fingerprint density at radius 3 is 2.35 bits per heavy atom. The van der Waals surface area contributed by atoms with Gasteiger partial charge in [0, 0.05) is 20.1 Å². The van der Waals surface area contributed by atoms with Gasteiger partial charge in [0.25, 0.3) is 0 Å². The third-order valence-electron chi connectivity index (χ3n) is 3.32. The Bertz CT molecular complexity index is 379. The van der Waals surface area contributed by atoms with Crippen LogP contribution >= 0.6 is 12.4 Å². The first-order valence-corrected chi connectivity index (χ1v) is 7.13. The van der Waals surface area contributed by atoms with Crippen LogP contribution < -0.4 is 5.32 Å². The van der Waals surface area contributed by atoms with Crippen molar-refractivity contribution >= 4 is 18.3 Å². The molecule has 0 saturated carbocycles. The van der Waals surface area contributed by atoms with E-state index in [0.717, 1.165) is 25.1 Å². The van der Waals surface area contributed by atoms with E-state index in [2.05, 4.69) is 36.5 Å². The van der Waals surface area contributed by atoms with Crippen molar-refractivity contribution in [1.82, 2.24) is 10.2 Å². The van der Waals surface area contributed by atoms with Gasteiger partial charge in [-0.3, -0.25) is 4.79 Å². The van der Waals surface area contributed by atoms with Crippen molar-refractivity contribution in [2.75, 3.05) is 27.2 Å². The van der Waals surface area contributed by atoms with Crippen LogP contribution in [0.3, 0.4) is 0 Å². The number of carbonyl (C=O) groups is 1. The van der Waals surface area contributed by atoms with E-state index in [1.165, 1.54) is 18.4 Å². The van der Waals surface area contributed by atoms with Gasteiger partial charge in [-0.15, -0.1) is 12.4 Å². The van der Waals surface area contributed by atoms with Crippen LogP contribution in [0.4, 0.5) is 0 Å². The van der Waals surface area contributed by atoms with Crippen molar-refractivity contribution in [3.63, 3.8) is 0 Å². The lowest BCUT2D eigenvalue weighted by atomic mass is 10.0. The third kappa shape index (κ3) is 6.92. The van der Waals surface area contributed by atoms with Crippen LogP contribution in [-0.2, 0) is 17.6 Å². The van der Waals surface area contributed by atoms with Crippen molar-refractivity contribution in [2.45, 2.75) is 32.6 Å². The maximum atomic E-state index is 12.0. The monoisotopic (exact) mass is 298 g/mol. The first kappa shape index (κ1) is 18.9. The molecule has 0 aliphatic rings. The highest BCUT2D eigenvalue weighted by Crippen LogP contribution is 2.09. The Labute approximate surface area is 129 Å². The van der Waals surface area contributed by atoms with Gasteiger partial charge in [-0.25, -0.2) is 0 Å². The molecule has 114 valence electrons. The summed E-state index contributed by atoms with van der Waals surface area (Å²) in [6.07, 6.45) is 4.07. The Kier molecular flexibility index (Phi) is 10.1. The van der Waals surface area contributed by atoms with Gasteiger partial charge in [-0.1, -0.05) is 37.6 Å². The number of hydrogen-bond acceptors (Lipinski definition) is 2. The van der Waals surface area contributed by atoms with E-state index in [1.807, 2.05) is 14.1 Å². The summed E-state index contributed by atoms with van der Waals surface area (Å²) >= 11 is 0. The first-order chi connectivity index (χ1) is 9.17. The third-order valence-corrected chi connectivity index (χ3v) is 3.32. The number of unbranched alkanes of at least 4 members (excludes halogenated alkanes) is 1. The normalized spacial score (nSPS) is 9.95. The minimum atomic E-state index is 0. The van der Waals surface area contributed by atoms with E-state index in [1.54, 1.807) is 4.90 Å².